The molecule has 1 atom stereocenters. The predicted molar refractivity (Wildman–Crippen MR) is 109 cm³/mol. The summed E-state index contributed by atoms with van der Waals surface area (Å²) >= 11 is 6.22. The molecule has 2 rings (SSSR count). The average molecular weight is 365 g/mol. The van der Waals surface area contributed by atoms with Crippen LogP contribution in [0.3, 0.4) is 0 Å². The maximum atomic E-state index is 6.22. The van der Waals surface area contributed by atoms with Crippen LogP contribution in [0.25, 0.3) is 0 Å². The minimum absolute atomic E-state index is 0.633. The van der Waals surface area contributed by atoms with E-state index in [1.165, 1.54) is 31.5 Å². The fourth-order valence-electron chi connectivity index (χ4n) is 3.29. The van der Waals surface area contributed by atoms with Crippen LogP contribution in [0.5, 0.6) is 0 Å². The fraction of sp³-hybridized carbons (Fsp3) is 0.650. The molecule has 25 heavy (non-hydrogen) atoms. The number of hydrogen-bond acceptors (Lipinski definition) is 2. The van der Waals surface area contributed by atoms with Crippen molar-refractivity contribution < 1.29 is 0 Å². The van der Waals surface area contributed by atoms with Crippen molar-refractivity contribution in [3.63, 3.8) is 0 Å². The van der Waals surface area contributed by atoms with Crippen molar-refractivity contribution >= 4 is 17.6 Å². The summed E-state index contributed by atoms with van der Waals surface area (Å²) in [5.41, 5.74) is 1.17. The molecule has 0 spiro atoms. The number of piperidine rings is 1. The largest absolute Gasteiger partial charge is 0.357 e. The maximum Gasteiger partial charge on any atom is 0.191 e. The Morgan fingerprint density at radius 2 is 2.12 bits per heavy atom. The van der Waals surface area contributed by atoms with Gasteiger partial charge in [0.15, 0.2) is 5.96 Å². The first-order chi connectivity index (χ1) is 12.1. The standard InChI is InChI=1S/C20H33ClN4/c1-4-22-20(23-12-11-18-9-5-6-10-19(18)21)24-14-17-8-7-13-25(15-17)16(2)3/h5-6,9-10,16-17H,4,7-8,11-15H2,1-3H3,(H2,22,23,24). The first-order valence-electron chi connectivity index (χ1n) is 9.59. The lowest BCUT2D eigenvalue weighted by atomic mass is 9.97. The number of rotatable bonds is 7. The van der Waals surface area contributed by atoms with Crippen LogP contribution in [0.2, 0.25) is 5.02 Å². The van der Waals surface area contributed by atoms with Gasteiger partial charge in [-0.1, -0.05) is 29.8 Å². The van der Waals surface area contributed by atoms with Gasteiger partial charge in [-0.25, -0.2) is 0 Å². The second-order valence-corrected chi connectivity index (χ2v) is 7.49. The number of benzene rings is 1. The number of hydrogen-bond donors (Lipinski definition) is 2. The van der Waals surface area contributed by atoms with E-state index in [1.54, 1.807) is 0 Å². The number of nitrogens with one attached hydrogen (secondary N) is 2. The van der Waals surface area contributed by atoms with Crippen LogP contribution in [-0.4, -0.2) is 49.6 Å². The van der Waals surface area contributed by atoms with Crippen molar-refractivity contribution in [1.29, 1.82) is 0 Å². The van der Waals surface area contributed by atoms with E-state index in [4.69, 9.17) is 16.6 Å². The summed E-state index contributed by atoms with van der Waals surface area (Å²) in [6, 6.07) is 8.66. The molecule has 1 saturated heterocycles. The van der Waals surface area contributed by atoms with Crippen molar-refractivity contribution in [2.24, 2.45) is 10.9 Å². The van der Waals surface area contributed by atoms with Crippen molar-refractivity contribution in [1.82, 2.24) is 15.5 Å². The zero-order valence-corrected chi connectivity index (χ0v) is 16.6. The van der Waals surface area contributed by atoms with Crippen LogP contribution in [0.1, 0.15) is 39.2 Å². The lowest BCUT2D eigenvalue weighted by Crippen LogP contribution is -2.42. The van der Waals surface area contributed by atoms with Gasteiger partial charge in [-0.2, -0.15) is 0 Å². The average Bonchev–Trinajstić information content (AvgIpc) is 2.61. The number of halogens is 1. The zero-order valence-electron chi connectivity index (χ0n) is 15.9. The highest BCUT2D eigenvalue weighted by Crippen LogP contribution is 2.18. The van der Waals surface area contributed by atoms with Gasteiger partial charge in [-0.15, -0.1) is 0 Å². The molecule has 4 nitrogen and oxygen atoms in total. The molecule has 1 heterocycles. The van der Waals surface area contributed by atoms with Gasteiger partial charge in [-0.3, -0.25) is 4.99 Å². The van der Waals surface area contributed by atoms with E-state index in [0.29, 0.717) is 12.0 Å². The number of nitrogens with zero attached hydrogens (tertiary/aromatic N) is 2. The topological polar surface area (TPSA) is 39.7 Å². The van der Waals surface area contributed by atoms with Crippen molar-refractivity contribution in [3.05, 3.63) is 34.9 Å². The Bertz CT molecular complexity index is 544. The number of aliphatic imine (C=N–C) groups is 1. The molecule has 1 aliphatic rings. The molecular weight excluding hydrogens is 332 g/mol. The molecule has 1 aromatic carbocycles. The van der Waals surface area contributed by atoms with Gasteiger partial charge in [0.05, 0.1) is 0 Å². The van der Waals surface area contributed by atoms with E-state index in [2.05, 4.69) is 42.4 Å². The Hall–Kier alpha value is -1.26. The van der Waals surface area contributed by atoms with Gasteiger partial charge >= 0.3 is 0 Å². The summed E-state index contributed by atoms with van der Waals surface area (Å²) < 4.78 is 0. The normalized spacial score (nSPS) is 19.2. The first-order valence-corrected chi connectivity index (χ1v) is 9.97. The molecule has 0 aliphatic carbocycles. The highest BCUT2D eigenvalue weighted by Gasteiger charge is 2.21. The second-order valence-electron chi connectivity index (χ2n) is 7.08. The zero-order chi connectivity index (χ0) is 18.1. The fourth-order valence-corrected chi connectivity index (χ4v) is 3.52. The van der Waals surface area contributed by atoms with Crippen molar-refractivity contribution in [2.45, 2.75) is 46.1 Å². The molecule has 140 valence electrons. The molecule has 1 aromatic rings. The van der Waals surface area contributed by atoms with Gasteiger partial charge in [0.2, 0.25) is 0 Å². The second kappa shape index (κ2) is 10.7. The SMILES string of the molecule is CCNC(=NCC1CCCN(C(C)C)C1)NCCc1ccccc1Cl. The third-order valence-corrected chi connectivity index (χ3v) is 5.15. The van der Waals surface area contributed by atoms with Crippen LogP contribution >= 0.6 is 11.6 Å². The molecule has 0 amide bonds. The molecule has 1 unspecified atom stereocenters. The number of likely N-dealkylation sites (tertiary alicyclic amines) is 1. The van der Waals surface area contributed by atoms with E-state index in [0.717, 1.165) is 37.0 Å². The summed E-state index contributed by atoms with van der Waals surface area (Å²) in [5.74, 6) is 1.58. The maximum absolute atomic E-state index is 6.22. The Balaban J connectivity index is 1.82. The first kappa shape index (κ1) is 20.1. The molecule has 0 saturated carbocycles. The molecular formula is C20H33ClN4. The number of guanidine groups is 1. The van der Waals surface area contributed by atoms with Crippen LogP contribution < -0.4 is 10.6 Å². The minimum Gasteiger partial charge on any atom is -0.357 e. The summed E-state index contributed by atoms with van der Waals surface area (Å²) in [6.07, 6.45) is 3.47. The van der Waals surface area contributed by atoms with Crippen LogP contribution in [-0.2, 0) is 6.42 Å². The lowest BCUT2D eigenvalue weighted by molar-refractivity contribution is 0.143. The van der Waals surface area contributed by atoms with Gasteiger partial charge < -0.3 is 15.5 Å². The molecule has 2 N–H and O–H groups in total. The molecule has 0 bridgehead atoms. The summed E-state index contributed by atoms with van der Waals surface area (Å²) in [7, 11) is 0. The highest BCUT2D eigenvalue weighted by atomic mass is 35.5. The van der Waals surface area contributed by atoms with E-state index in [9.17, 15) is 0 Å². The van der Waals surface area contributed by atoms with Gasteiger partial charge in [0.1, 0.15) is 0 Å². The van der Waals surface area contributed by atoms with Crippen molar-refractivity contribution in [3.8, 4) is 0 Å². The summed E-state index contributed by atoms with van der Waals surface area (Å²) in [5, 5.41) is 7.62. The van der Waals surface area contributed by atoms with Crippen LogP contribution in [0, 0.1) is 5.92 Å². The van der Waals surface area contributed by atoms with Gasteiger partial charge in [0, 0.05) is 37.2 Å². The lowest BCUT2D eigenvalue weighted by Gasteiger charge is -2.34. The smallest absolute Gasteiger partial charge is 0.191 e. The predicted octanol–water partition coefficient (Wildman–Crippen LogP) is 3.56. The molecule has 5 heteroatoms. The Kier molecular flexibility index (Phi) is 8.56. The third kappa shape index (κ3) is 6.87. The van der Waals surface area contributed by atoms with E-state index >= 15 is 0 Å². The van der Waals surface area contributed by atoms with E-state index < -0.39 is 0 Å². The molecule has 0 aromatic heterocycles. The molecule has 1 fully saturated rings. The Labute approximate surface area is 158 Å². The third-order valence-electron chi connectivity index (χ3n) is 4.78. The highest BCUT2D eigenvalue weighted by molar-refractivity contribution is 6.31. The van der Waals surface area contributed by atoms with E-state index in [1.807, 2.05) is 18.2 Å². The molecule has 0 radical (unpaired) electrons. The van der Waals surface area contributed by atoms with Gasteiger partial charge in [0.25, 0.3) is 0 Å². The Morgan fingerprint density at radius 1 is 1.32 bits per heavy atom. The Morgan fingerprint density at radius 3 is 2.84 bits per heavy atom. The van der Waals surface area contributed by atoms with E-state index in [-0.39, 0.29) is 0 Å². The summed E-state index contributed by atoms with van der Waals surface area (Å²) in [4.78, 5) is 7.39. The van der Waals surface area contributed by atoms with Crippen LogP contribution in [0.15, 0.2) is 29.3 Å². The van der Waals surface area contributed by atoms with Gasteiger partial charge in [-0.05, 0) is 64.1 Å². The summed E-state index contributed by atoms with van der Waals surface area (Å²) in [6.45, 7) is 11.7. The van der Waals surface area contributed by atoms with Crippen LogP contribution in [0.4, 0.5) is 0 Å². The van der Waals surface area contributed by atoms with Crippen molar-refractivity contribution in [2.75, 3.05) is 32.7 Å². The molecule has 1 aliphatic heterocycles. The monoisotopic (exact) mass is 364 g/mol. The quantitative estimate of drug-likeness (QED) is 0.574. The minimum atomic E-state index is 0.633.